The van der Waals surface area contributed by atoms with Crippen LogP contribution in [0.1, 0.15) is 27.7 Å². The van der Waals surface area contributed by atoms with Gasteiger partial charge in [0.2, 0.25) is 0 Å². The van der Waals surface area contributed by atoms with Gasteiger partial charge in [-0.3, -0.25) is 4.98 Å². The molecule has 1 aliphatic heterocycles. The van der Waals surface area contributed by atoms with Crippen LogP contribution in [0.15, 0.2) is 35.5 Å². The summed E-state index contributed by atoms with van der Waals surface area (Å²) in [5.74, 6) is 0.677. The Balaban J connectivity index is 1.91. The molecule has 104 valence electrons. The molecule has 3 heterocycles. The quantitative estimate of drug-likeness (QED) is 0.783. The zero-order chi connectivity index (χ0) is 14.4. The Kier molecular flexibility index (Phi) is 2.95. The van der Waals surface area contributed by atoms with Gasteiger partial charge in [-0.15, -0.1) is 0 Å². The highest BCUT2D eigenvalue weighted by Gasteiger charge is 2.51. The molecular weight excluding hydrogens is 255 g/mol. The molecular formula is C14H17BN2O3. The maximum Gasteiger partial charge on any atom is 0.496 e. The minimum atomic E-state index is -0.421. The first kappa shape index (κ1) is 13.3. The number of aromatic nitrogens is 2. The molecule has 20 heavy (non-hydrogen) atoms. The molecule has 2 aromatic heterocycles. The molecule has 0 atom stereocenters. The van der Waals surface area contributed by atoms with Crippen molar-refractivity contribution in [1.82, 2.24) is 9.97 Å². The largest absolute Gasteiger partial charge is 0.496 e. The molecule has 1 aliphatic rings. The molecule has 0 aliphatic carbocycles. The van der Waals surface area contributed by atoms with E-state index in [2.05, 4.69) is 9.97 Å². The lowest BCUT2D eigenvalue weighted by atomic mass is 9.79. The number of nitrogens with zero attached hydrogens (tertiary/aromatic N) is 2. The Morgan fingerprint density at radius 2 is 1.65 bits per heavy atom. The summed E-state index contributed by atoms with van der Waals surface area (Å²) in [7, 11) is -0.421. The highest BCUT2D eigenvalue weighted by atomic mass is 16.7. The van der Waals surface area contributed by atoms with Crippen LogP contribution in [-0.4, -0.2) is 28.3 Å². The Morgan fingerprint density at radius 3 is 2.25 bits per heavy atom. The summed E-state index contributed by atoms with van der Waals surface area (Å²) in [6.07, 6.45) is 6.54. The maximum absolute atomic E-state index is 6.01. The summed E-state index contributed by atoms with van der Waals surface area (Å²) in [6.45, 7) is 8.11. The van der Waals surface area contributed by atoms with Crippen LogP contribution >= 0.6 is 0 Å². The van der Waals surface area contributed by atoms with Crippen molar-refractivity contribution in [2.75, 3.05) is 0 Å². The van der Waals surface area contributed by atoms with Crippen molar-refractivity contribution >= 4 is 12.6 Å². The maximum atomic E-state index is 6.01. The molecule has 0 unspecified atom stereocenters. The summed E-state index contributed by atoms with van der Waals surface area (Å²) in [4.78, 5) is 8.15. The lowest BCUT2D eigenvalue weighted by Crippen LogP contribution is -2.41. The second kappa shape index (κ2) is 4.43. The third kappa shape index (κ3) is 2.15. The van der Waals surface area contributed by atoms with Gasteiger partial charge in [-0.05, 0) is 33.8 Å². The lowest BCUT2D eigenvalue weighted by Gasteiger charge is -2.32. The molecule has 0 saturated carbocycles. The van der Waals surface area contributed by atoms with Crippen molar-refractivity contribution in [1.29, 1.82) is 0 Å². The molecule has 5 nitrogen and oxygen atoms in total. The summed E-state index contributed by atoms with van der Waals surface area (Å²) in [6, 6.07) is 1.95. The van der Waals surface area contributed by atoms with Crippen LogP contribution in [0.2, 0.25) is 0 Å². The van der Waals surface area contributed by atoms with Crippen LogP contribution in [0, 0.1) is 0 Å². The van der Waals surface area contributed by atoms with E-state index in [0.717, 1.165) is 11.0 Å². The van der Waals surface area contributed by atoms with Crippen LogP contribution in [0.4, 0.5) is 0 Å². The van der Waals surface area contributed by atoms with Crippen molar-refractivity contribution in [2.24, 2.45) is 0 Å². The fourth-order valence-corrected chi connectivity index (χ4v) is 2.06. The zero-order valence-corrected chi connectivity index (χ0v) is 12.1. The molecule has 0 amide bonds. The SMILES string of the molecule is CC1(C)OB(c2cncc(-c3cnco3)c2)OC1(C)C. The third-order valence-electron chi connectivity index (χ3n) is 4.00. The van der Waals surface area contributed by atoms with Crippen LogP contribution in [0.5, 0.6) is 0 Å². The van der Waals surface area contributed by atoms with Crippen molar-refractivity contribution in [2.45, 2.75) is 38.9 Å². The number of pyridine rings is 1. The monoisotopic (exact) mass is 272 g/mol. The predicted octanol–water partition coefficient (Wildman–Crippen LogP) is 2.04. The first-order valence-corrected chi connectivity index (χ1v) is 6.58. The number of oxazole rings is 1. The van der Waals surface area contributed by atoms with E-state index in [0.29, 0.717) is 5.76 Å². The molecule has 1 fully saturated rings. The van der Waals surface area contributed by atoms with Crippen molar-refractivity contribution in [3.05, 3.63) is 31.1 Å². The molecule has 0 radical (unpaired) electrons. The van der Waals surface area contributed by atoms with E-state index < -0.39 is 7.12 Å². The van der Waals surface area contributed by atoms with Crippen molar-refractivity contribution < 1.29 is 13.7 Å². The van der Waals surface area contributed by atoms with Gasteiger partial charge in [0.1, 0.15) is 0 Å². The Hall–Kier alpha value is -1.66. The van der Waals surface area contributed by atoms with Crippen molar-refractivity contribution in [3.8, 4) is 11.3 Å². The van der Waals surface area contributed by atoms with E-state index >= 15 is 0 Å². The molecule has 2 aromatic rings. The average Bonchev–Trinajstić information content (AvgIpc) is 2.97. The summed E-state index contributed by atoms with van der Waals surface area (Å²) in [5, 5.41) is 0. The van der Waals surface area contributed by atoms with Gasteiger partial charge in [-0.25, -0.2) is 4.98 Å². The second-order valence-corrected chi connectivity index (χ2v) is 5.96. The van der Waals surface area contributed by atoms with Crippen LogP contribution in [0.25, 0.3) is 11.3 Å². The van der Waals surface area contributed by atoms with Gasteiger partial charge in [0, 0.05) is 23.4 Å². The average molecular weight is 272 g/mol. The van der Waals surface area contributed by atoms with Crippen LogP contribution in [-0.2, 0) is 9.31 Å². The topological polar surface area (TPSA) is 57.4 Å². The zero-order valence-electron chi connectivity index (χ0n) is 12.1. The fraction of sp³-hybridized carbons (Fsp3) is 0.429. The molecule has 0 aromatic carbocycles. The standard InChI is InChI=1S/C14H17BN2O3/c1-13(2)14(3,4)20-15(19-13)11-5-10(6-16-7-11)12-8-17-9-18-12/h5-9H,1-4H3. The Morgan fingerprint density at radius 1 is 0.950 bits per heavy atom. The van der Waals surface area contributed by atoms with Gasteiger partial charge in [-0.2, -0.15) is 0 Å². The van der Waals surface area contributed by atoms with Gasteiger partial charge in [0.05, 0.1) is 17.4 Å². The highest BCUT2D eigenvalue weighted by molar-refractivity contribution is 6.62. The van der Waals surface area contributed by atoms with Gasteiger partial charge in [-0.1, -0.05) is 0 Å². The number of hydrogen-bond donors (Lipinski definition) is 0. The van der Waals surface area contributed by atoms with Gasteiger partial charge < -0.3 is 13.7 Å². The lowest BCUT2D eigenvalue weighted by molar-refractivity contribution is 0.00578. The Bertz CT molecular complexity index is 595. The van der Waals surface area contributed by atoms with E-state index in [1.807, 2.05) is 33.8 Å². The number of rotatable bonds is 2. The van der Waals surface area contributed by atoms with Crippen LogP contribution in [0.3, 0.4) is 0 Å². The minimum Gasteiger partial charge on any atom is -0.443 e. The molecule has 0 N–H and O–H groups in total. The van der Waals surface area contributed by atoms with Gasteiger partial charge in [0.15, 0.2) is 12.2 Å². The highest BCUT2D eigenvalue weighted by Crippen LogP contribution is 2.36. The summed E-state index contributed by atoms with van der Waals surface area (Å²) < 4.78 is 17.3. The van der Waals surface area contributed by atoms with E-state index in [9.17, 15) is 0 Å². The first-order valence-electron chi connectivity index (χ1n) is 6.58. The van der Waals surface area contributed by atoms with E-state index in [-0.39, 0.29) is 11.2 Å². The van der Waals surface area contributed by atoms with Crippen molar-refractivity contribution in [3.63, 3.8) is 0 Å². The predicted molar refractivity (Wildman–Crippen MR) is 75.5 cm³/mol. The van der Waals surface area contributed by atoms with E-state index in [1.165, 1.54) is 6.39 Å². The van der Waals surface area contributed by atoms with Gasteiger partial charge >= 0.3 is 7.12 Å². The second-order valence-electron chi connectivity index (χ2n) is 5.96. The fourth-order valence-electron chi connectivity index (χ4n) is 2.06. The first-order chi connectivity index (χ1) is 9.39. The smallest absolute Gasteiger partial charge is 0.443 e. The van der Waals surface area contributed by atoms with E-state index in [4.69, 9.17) is 13.7 Å². The Labute approximate surface area is 118 Å². The van der Waals surface area contributed by atoms with Gasteiger partial charge in [0.25, 0.3) is 0 Å². The number of hydrogen-bond acceptors (Lipinski definition) is 5. The third-order valence-corrected chi connectivity index (χ3v) is 4.00. The molecule has 0 spiro atoms. The van der Waals surface area contributed by atoms with E-state index in [1.54, 1.807) is 18.6 Å². The minimum absolute atomic E-state index is 0.361. The molecule has 0 bridgehead atoms. The summed E-state index contributed by atoms with van der Waals surface area (Å²) in [5.41, 5.74) is 1.01. The van der Waals surface area contributed by atoms with Crippen LogP contribution < -0.4 is 5.46 Å². The summed E-state index contributed by atoms with van der Waals surface area (Å²) >= 11 is 0. The molecule has 3 rings (SSSR count). The molecule has 1 saturated heterocycles. The normalized spacial score (nSPS) is 20.3. The molecule has 6 heteroatoms.